The Kier molecular flexibility index (Phi) is 6.23. The second-order valence-corrected chi connectivity index (χ2v) is 7.18. The molecule has 6 heteroatoms. The number of nitrogens with one attached hydrogen (secondary N) is 1. The second kappa shape index (κ2) is 7.22. The Labute approximate surface area is 119 Å². The van der Waals surface area contributed by atoms with Crippen molar-refractivity contribution in [1.82, 2.24) is 5.32 Å². The summed E-state index contributed by atoms with van der Waals surface area (Å²) in [7, 11) is -2.99. The van der Waals surface area contributed by atoms with Crippen LogP contribution in [0.1, 0.15) is 31.4 Å². The highest BCUT2D eigenvalue weighted by Gasteiger charge is 2.18. The van der Waals surface area contributed by atoms with Crippen LogP contribution in [0.4, 0.5) is 4.39 Å². The summed E-state index contributed by atoms with van der Waals surface area (Å²) in [6.07, 6.45) is 2.20. The molecule has 0 aromatic heterocycles. The van der Waals surface area contributed by atoms with E-state index >= 15 is 0 Å². The fourth-order valence-electron chi connectivity index (χ4n) is 1.99. The number of halogens is 2. The van der Waals surface area contributed by atoms with Crippen LogP contribution < -0.4 is 5.32 Å². The average Bonchev–Trinajstić information content (AvgIpc) is 2.27. The summed E-state index contributed by atoms with van der Waals surface area (Å²) < 4.78 is 36.1. The van der Waals surface area contributed by atoms with Gasteiger partial charge in [-0.2, -0.15) is 0 Å². The molecule has 0 aliphatic heterocycles. The van der Waals surface area contributed by atoms with E-state index in [0.717, 1.165) is 0 Å². The third-order valence-electron chi connectivity index (χ3n) is 2.81. The molecule has 0 bridgehead atoms. The van der Waals surface area contributed by atoms with Crippen molar-refractivity contribution in [3.63, 3.8) is 0 Å². The van der Waals surface area contributed by atoms with Gasteiger partial charge in [-0.3, -0.25) is 0 Å². The van der Waals surface area contributed by atoms with Crippen molar-refractivity contribution in [3.05, 3.63) is 34.6 Å². The van der Waals surface area contributed by atoms with Gasteiger partial charge >= 0.3 is 0 Å². The van der Waals surface area contributed by atoms with Gasteiger partial charge in [-0.25, -0.2) is 12.8 Å². The Balaban J connectivity index is 2.82. The number of rotatable bonds is 7. The first-order valence-corrected chi connectivity index (χ1v) is 8.64. The molecule has 0 fully saturated rings. The zero-order chi connectivity index (χ0) is 14.5. The number of benzene rings is 1. The van der Waals surface area contributed by atoms with Crippen LogP contribution in [0.3, 0.4) is 0 Å². The minimum atomic E-state index is -2.99. The smallest absolute Gasteiger partial charge is 0.147 e. The Morgan fingerprint density at radius 1 is 1.42 bits per heavy atom. The first-order valence-electron chi connectivity index (χ1n) is 6.20. The standard InChI is InChI=1S/C13H19ClFNO2S/c1-3-16-12(8-5-9-19(2,17)18)13-10(14)6-4-7-11(13)15/h4,6-7,12,16H,3,5,8-9H2,1-2H3. The SMILES string of the molecule is CCNC(CCCS(C)(=O)=O)c1c(F)cccc1Cl. The van der Waals surface area contributed by atoms with Crippen LogP contribution >= 0.6 is 11.6 Å². The van der Waals surface area contributed by atoms with Gasteiger partial charge in [-0.05, 0) is 31.5 Å². The van der Waals surface area contributed by atoms with E-state index in [1.165, 1.54) is 12.3 Å². The highest BCUT2D eigenvalue weighted by molar-refractivity contribution is 7.90. The molecule has 0 saturated heterocycles. The monoisotopic (exact) mass is 307 g/mol. The van der Waals surface area contributed by atoms with E-state index in [1.807, 2.05) is 6.92 Å². The molecule has 0 radical (unpaired) electrons. The molecule has 1 atom stereocenters. The summed E-state index contributed by atoms with van der Waals surface area (Å²) >= 11 is 6.03. The molecule has 0 aliphatic carbocycles. The topological polar surface area (TPSA) is 46.2 Å². The molecule has 0 saturated carbocycles. The molecule has 1 unspecified atom stereocenters. The maximum absolute atomic E-state index is 13.8. The number of hydrogen-bond acceptors (Lipinski definition) is 3. The lowest BCUT2D eigenvalue weighted by Crippen LogP contribution is -2.23. The summed E-state index contributed by atoms with van der Waals surface area (Å²) in [5, 5.41) is 3.51. The fraction of sp³-hybridized carbons (Fsp3) is 0.538. The molecular formula is C13H19ClFNO2S. The third-order valence-corrected chi connectivity index (χ3v) is 4.17. The molecule has 1 aromatic rings. The Morgan fingerprint density at radius 3 is 2.63 bits per heavy atom. The highest BCUT2D eigenvalue weighted by atomic mass is 35.5. The Hall–Kier alpha value is -0.650. The van der Waals surface area contributed by atoms with Crippen molar-refractivity contribution >= 4 is 21.4 Å². The molecule has 3 nitrogen and oxygen atoms in total. The lowest BCUT2D eigenvalue weighted by atomic mass is 10.0. The Morgan fingerprint density at radius 2 is 2.11 bits per heavy atom. The first kappa shape index (κ1) is 16.4. The molecule has 19 heavy (non-hydrogen) atoms. The summed E-state index contributed by atoms with van der Waals surface area (Å²) in [4.78, 5) is 0. The molecule has 0 amide bonds. The lowest BCUT2D eigenvalue weighted by molar-refractivity contribution is 0.480. The van der Waals surface area contributed by atoms with Crippen molar-refractivity contribution in [2.45, 2.75) is 25.8 Å². The lowest BCUT2D eigenvalue weighted by Gasteiger charge is -2.20. The molecule has 0 aliphatic rings. The van der Waals surface area contributed by atoms with Gasteiger partial charge in [0.2, 0.25) is 0 Å². The minimum absolute atomic E-state index is 0.0982. The van der Waals surface area contributed by atoms with E-state index in [4.69, 9.17) is 11.6 Å². The van der Waals surface area contributed by atoms with Crippen LogP contribution in [-0.4, -0.2) is 27.0 Å². The van der Waals surface area contributed by atoms with Gasteiger partial charge in [0, 0.05) is 28.6 Å². The average molecular weight is 308 g/mol. The molecule has 0 spiro atoms. The highest BCUT2D eigenvalue weighted by Crippen LogP contribution is 2.28. The summed E-state index contributed by atoms with van der Waals surface area (Å²) in [5.41, 5.74) is 0.416. The zero-order valence-electron chi connectivity index (χ0n) is 11.1. The third kappa shape index (κ3) is 5.47. The molecule has 108 valence electrons. The van der Waals surface area contributed by atoms with E-state index < -0.39 is 9.84 Å². The van der Waals surface area contributed by atoms with Crippen molar-refractivity contribution in [2.24, 2.45) is 0 Å². The molecule has 1 aromatic carbocycles. The predicted molar refractivity (Wildman–Crippen MR) is 76.8 cm³/mol. The number of hydrogen-bond donors (Lipinski definition) is 1. The molecular weight excluding hydrogens is 289 g/mol. The van der Waals surface area contributed by atoms with Crippen LogP contribution in [0.2, 0.25) is 5.02 Å². The van der Waals surface area contributed by atoms with Crippen LogP contribution in [-0.2, 0) is 9.84 Å². The van der Waals surface area contributed by atoms with Gasteiger partial charge in [0.05, 0.1) is 0 Å². The molecule has 0 heterocycles. The van der Waals surface area contributed by atoms with Crippen molar-refractivity contribution in [3.8, 4) is 0 Å². The summed E-state index contributed by atoms with van der Waals surface area (Å²) in [5.74, 6) is -0.265. The van der Waals surface area contributed by atoms with Crippen LogP contribution in [0, 0.1) is 5.82 Å². The van der Waals surface area contributed by atoms with Gasteiger partial charge < -0.3 is 5.32 Å². The van der Waals surface area contributed by atoms with E-state index in [0.29, 0.717) is 30.0 Å². The molecule has 1 N–H and O–H groups in total. The van der Waals surface area contributed by atoms with Gasteiger partial charge in [-0.1, -0.05) is 24.6 Å². The minimum Gasteiger partial charge on any atom is -0.310 e. The van der Waals surface area contributed by atoms with Crippen LogP contribution in [0.25, 0.3) is 0 Å². The summed E-state index contributed by atoms with van der Waals surface area (Å²) in [6, 6.07) is 4.30. The van der Waals surface area contributed by atoms with E-state index in [-0.39, 0.29) is 17.6 Å². The van der Waals surface area contributed by atoms with Crippen LogP contribution in [0.5, 0.6) is 0 Å². The van der Waals surface area contributed by atoms with Gasteiger partial charge in [-0.15, -0.1) is 0 Å². The predicted octanol–water partition coefficient (Wildman–Crippen LogP) is 2.95. The summed E-state index contributed by atoms with van der Waals surface area (Å²) in [6.45, 7) is 2.58. The number of sulfone groups is 1. The second-order valence-electron chi connectivity index (χ2n) is 4.52. The normalized spacial score (nSPS) is 13.5. The largest absolute Gasteiger partial charge is 0.310 e. The fourth-order valence-corrected chi connectivity index (χ4v) is 2.97. The van der Waals surface area contributed by atoms with E-state index in [2.05, 4.69) is 5.32 Å². The van der Waals surface area contributed by atoms with Gasteiger partial charge in [0.25, 0.3) is 0 Å². The maximum atomic E-state index is 13.8. The quantitative estimate of drug-likeness (QED) is 0.842. The Bertz CT molecular complexity index is 499. The van der Waals surface area contributed by atoms with Gasteiger partial charge in [0.1, 0.15) is 15.7 Å². The van der Waals surface area contributed by atoms with Crippen molar-refractivity contribution in [2.75, 3.05) is 18.6 Å². The zero-order valence-corrected chi connectivity index (χ0v) is 12.7. The van der Waals surface area contributed by atoms with Crippen molar-refractivity contribution < 1.29 is 12.8 Å². The first-order chi connectivity index (χ1) is 8.85. The molecule has 1 rings (SSSR count). The van der Waals surface area contributed by atoms with Crippen molar-refractivity contribution in [1.29, 1.82) is 0 Å². The van der Waals surface area contributed by atoms with Crippen LogP contribution in [0.15, 0.2) is 18.2 Å². The van der Waals surface area contributed by atoms with E-state index in [1.54, 1.807) is 12.1 Å². The van der Waals surface area contributed by atoms with Gasteiger partial charge in [0.15, 0.2) is 0 Å². The maximum Gasteiger partial charge on any atom is 0.147 e. The van der Waals surface area contributed by atoms with E-state index in [9.17, 15) is 12.8 Å².